The molecule has 0 aromatic carbocycles. The second-order valence-electron chi connectivity index (χ2n) is 4.01. The van der Waals surface area contributed by atoms with Crippen LogP contribution in [-0.2, 0) is 0 Å². The van der Waals surface area contributed by atoms with E-state index in [-0.39, 0.29) is 0 Å². The van der Waals surface area contributed by atoms with Crippen LogP contribution in [0.3, 0.4) is 0 Å². The minimum absolute atomic E-state index is 0.802. The molecule has 68 valence electrons. The smallest absolute Gasteiger partial charge is 0.0130 e. The first-order valence-electron chi connectivity index (χ1n) is 5.11. The fourth-order valence-electron chi connectivity index (χ4n) is 2.00. The highest BCUT2D eigenvalue weighted by Crippen LogP contribution is 2.30. The predicted octanol–water partition coefficient (Wildman–Crippen LogP) is 3.95. The number of allylic oxidation sites excluding steroid dienone is 4. The third kappa shape index (κ3) is 2.23. The molecule has 0 N–H and O–H groups in total. The number of hydrogen-bond donors (Lipinski definition) is 0. The Balaban J connectivity index is 2.53. The monoisotopic (exact) mass is 164 g/mol. The highest BCUT2D eigenvalue weighted by atomic mass is 14.2. The molecular weight excluding hydrogens is 144 g/mol. The fraction of sp³-hybridized carbons (Fsp3) is 0.667. The highest BCUT2D eigenvalue weighted by molar-refractivity contribution is 5.25. The SMILES string of the molecule is CCCC(C1=CC=CC1)C(C)C. The molecule has 0 heterocycles. The number of hydrogen-bond acceptors (Lipinski definition) is 0. The van der Waals surface area contributed by atoms with E-state index in [1.807, 2.05) is 0 Å². The Morgan fingerprint density at radius 1 is 1.42 bits per heavy atom. The molecule has 0 fully saturated rings. The molecule has 0 radical (unpaired) electrons. The van der Waals surface area contributed by atoms with Gasteiger partial charge in [0.2, 0.25) is 0 Å². The summed E-state index contributed by atoms with van der Waals surface area (Å²) in [6.07, 6.45) is 10.6. The van der Waals surface area contributed by atoms with Gasteiger partial charge in [0.1, 0.15) is 0 Å². The van der Waals surface area contributed by atoms with Crippen molar-refractivity contribution in [1.29, 1.82) is 0 Å². The van der Waals surface area contributed by atoms with Crippen LogP contribution in [-0.4, -0.2) is 0 Å². The van der Waals surface area contributed by atoms with Crippen molar-refractivity contribution in [1.82, 2.24) is 0 Å². The lowest BCUT2D eigenvalue weighted by Crippen LogP contribution is -2.10. The normalized spacial score (nSPS) is 18.5. The van der Waals surface area contributed by atoms with Gasteiger partial charge in [-0.1, -0.05) is 51.0 Å². The van der Waals surface area contributed by atoms with Crippen LogP contribution >= 0.6 is 0 Å². The Morgan fingerprint density at radius 2 is 2.17 bits per heavy atom. The topological polar surface area (TPSA) is 0 Å². The van der Waals surface area contributed by atoms with E-state index in [4.69, 9.17) is 0 Å². The Morgan fingerprint density at radius 3 is 2.58 bits per heavy atom. The summed E-state index contributed by atoms with van der Waals surface area (Å²) in [6, 6.07) is 0. The van der Waals surface area contributed by atoms with Gasteiger partial charge in [0.15, 0.2) is 0 Å². The molecule has 1 aliphatic carbocycles. The van der Waals surface area contributed by atoms with Gasteiger partial charge in [-0.25, -0.2) is 0 Å². The first kappa shape index (κ1) is 9.57. The second kappa shape index (κ2) is 4.49. The zero-order valence-corrected chi connectivity index (χ0v) is 8.51. The minimum Gasteiger partial charge on any atom is -0.0805 e. The average molecular weight is 164 g/mol. The van der Waals surface area contributed by atoms with E-state index in [1.165, 1.54) is 19.3 Å². The van der Waals surface area contributed by atoms with Crippen LogP contribution in [0.4, 0.5) is 0 Å². The maximum Gasteiger partial charge on any atom is -0.0130 e. The summed E-state index contributed by atoms with van der Waals surface area (Å²) >= 11 is 0. The van der Waals surface area contributed by atoms with Gasteiger partial charge in [-0.05, 0) is 24.7 Å². The quantitative estimate of drug-likeness (QED) is 0.590. The van der Waals surface area contributed by atoms with Gasteiger partial charge in [-0.2, -0.15) is 0 Å². The number of rotatable bonds is 4. The van der Waals surface area contributed by atoms with E-state index in [0.717, 1.165) is 11.8 Å². The summed E-state index contributed by atoms with van der Waals surface area (Å²) in [6.45, 7) is 6.94. The van der Waals surface area contributed by atoms with E-state index in [0.29, 0.717) is 0 Å². The van der Waals surface area contributed by atoms with Crippen LogP contribution in [0.5, 0.6) is 0 Å². The zero-order chi connectivity index (χ0) is 8.97. The maximum atomic E-state index is 2.33. The molecule has 0 bridgehead atoms. The summed E-state index contributed by atoms with van der Waals surface area (Å²) < 4.78 is 0. The van der Waals surface area contributed by atoms with E-state index in [9.17, 15) is 0 Å². The van der Waals surface area contributed by atoms with Gasteiger partial charge >= 0.3 is 0 Å². The third-order valence-electron chi connectivity index (χ3n) is 2.68. The van der Waals surface area contributed by atoms with Gasteiger partial charge < -0.3 is 0 Å². The summed E-state index contributed by atoms with van der Waals surface area (Å²) in [5.74, 6) is 1.63. The Kier molecular flexibility index (Phi) is 3.58. The van der Waals surface area contributed by atoms with Crippen molar-refractivity contribution in [3.8, 4) is 0 Å². The van der Waals surface area contributed by atoms with Crippen molar-refractivity contribution in [3.05, 3.63) is 23.8 Å². The molecule has 1 atom stereocenters. The van der Waals surface area contributed by atoms with Gasteiger partial charge in [-0.15, -0.1) is 0 Å². The van der Waals surface area contributed by atoms with Crippen molar-refractivity contribution in [3.63, 3.8) is 0 Å². The van der Waals surface area contributed by atoms with Crippen molar-refractivity contribution in [2.24, 2.45) is 11.8 Å². The van der Waals surface area contributed by atoms with Crippen LogP contribution in [0.15, 0.2) is 23.8 Å². The molecule has 12 heavy (non-hydrogen) atoms. The van der Waals surface area contributed by atoms with Gasteiger partial charge in [-0.3, -0.25) is 0 Å². The van der Waals surface area contributed by atoms with Crippen LogP contribution in [0.2, 0.25) is 0 Å². The van der Waals surface area contributed by atoms with Crippen LogP contribution < -0.4 is 0 Å². The summed E-state index contributed by atoms with van der Waals surface area (Å²) in [5.41, 5.74) is 1.65. The molecule has 0 nitrogen and oxygen atoms in total. The average Bonchev–Trinajstić information content (AvgIpc) is 2.51. The van der Waals surface area contributed by atoms with Crippen molar-refractivity contribution < 1.29 is 0 Å². The molecule has 1 aliphatic rings. The lowest BCUT2D eigenvalue weighted by molar-refractivity contribution is 0.407. The second-order valence-corrected chi connectivity index (χ2v) is 4.01. The standard InChI is InChI=1S/C12H20/c1-4-7-12(10(2)3)11-8-5-6-9-11/h5-6,8,10,12H,4,7,9H2,1-3H3. The fourth-order valence-corrected chi connectivity index (χ4v) is 2.00. The predicted molar refractivity (Wildman–Crippen MR) is 55.1 cm³/mol. The summed E-state index contributed by atoms with van der Waals surface area (Å²) in [7, 11) is 0. The van der Waals surface area contributed by atoms with E-state index in [1.54, 1.807) is 5.57 Å². The molecule has 0 aromatic heterocycles. The third-order valence-corrected chi connectivity index (χ3v) is 2.68. The van der Waals surface area contributed by atoms with Crippen LogP contribution in [0.25, 0.3) is 0 Å². The van der Waals surface area contributed by atoms with Crippen molar-refractivity contribution in [2.75, 3.05) is 0 Å². The van der Waals surface area contributed by atoms with E-state index < -0.39 is 0 Å². The van der Waals surface area contributed by atoms with Gasteiger partial charge in [0, 0.05) is 0 Å². The maximum absolute atomic E-state index is 2.33. The van der Waals surface area contributed by atoms with E-state index >= 15 is 0 Å². The summed E-state index contributed by atoms with van der Waals surface area (Å²) in [5, 5.41) is 0. The molecule has 1 rings (SSSR count). The molecular formula is C12H20. The lowest BCUT2D eigenvalue weighted by atomic mass is 9.84. The first-order valence-corrected chi connectivity index (χ1v) is 5.11. The molecule has 0 saturated carbocycles. The van der Waals surface area contributed by atoms with Crippen molar-refractivity contribution >= 4 is 0 Å². The van der Waals surface area contributed by atoms with Crippen molar-refractivity contribution in [2.45, 2.75) is 40.0 Å². The van der Waals surface area contributed by atoms with Gasteiger partial charge in [0.05, 0.1) is 0 Å². The molecule has 0 spiro atoms. The zero-order valence-electron chi connectivity index (χ0n) is 8.51. The Labute approximate surface area is 76.4 Å². The molecule has 0 aliphatic heterocycles. The first-order chi connectivity index (χ1) is 5.75. The highest BCUT2D eigenvalue weighted by Gasteiger charge is 2.17. The molecule has 0 saturated heterocycles. The Hall–Kier alpha value is -0.520. The molecule has 1 unspecified atom stereocenters. The lowest BCUT2D eigenvalue weighted by Gasteiger charge is -2.21. The van der Waals surface area contributed by atoms with E-state index in [2.05, 4.69) is 39.0 Å². The van der Waals surface area contributed by atoms with Gasteiger partial charge in [0.25, 0.3) is 0 Å². The summed E-state index contributed by atoms with van der Waals surface area (Å²) in [4.78, 5) is 0. The van der Waals surface area contributed by atoms with Crippen LogP contribution in [0, 0.1) is 11.8 Å². The minimum atomic E-state index is 0.802. The molecule has 0 heteroatoms. The van der Waals surface area contributed by atoms with Crippen LogP contribution in [0.1, 0.15) is 40.0 Å². The molecule has 0 aromatic rings. The molecule has 0 amide bonds. The largest absolute Gasteiger partial charge is 0.0805 e. The Bertz CT molecular complexity index is 184.